The van der Waals surface area contributed by atoms with Crippen molar-refractivity contribution in [2.24, 2.45) is 11.8 Å². The zero-order chi connectivity index (χ0) is 18.4. The predicted octanol–water partition coefficient (Wildman–Crippen LogP) is 3.09. The van der Waals surface area contributed by atoms with Gasteiger partial charge in [-0.15, -0.1) is 0 Å². The van der Waals surface area contributed by atoms with Crippen LogP contribution < -0.4 is 0 Å². The van der Waals surface area contributed by atoms with Crippen LogP contribution in [0.25, 0.3) is 0 Å². The van der Waals surface area contributed by atoms with Crippen molar-refractivity contribution < 1.29 is 23.5 Å². The van der Waals surface area contributed by atoms with Crippen LogP contribution in [0.2, 0.25) is 0 Å². The van der Waals surface area contributed by atoms with Gasteiger partial charge in [0.25, 0.3) is 0 Å². The molecule has 144 valence electrons. The lowest BCUT2D eigenvalue weighted by Gasteiger charge is -2.45. The molecular formula is C19H32O5S. The van der Waals surface area contributed by atoms with E-state index in [1.807, 2.05) is 26.8 Å². The molecule has 2 aliphatic heterocycles. The first-order valence-corrected chi connectivity index (χ1v) is 11.0. The first-order valence-electron chi connectivity index (χ1n) is 9.47. The Hall–Kier alpha value is -0.430. The normalized spacial score (nSPS) is 41.4. The number of rotatable bonds is 6. The molecule has 0 spiro atoms. The van der Waals surface area contributed by atoms with E-state index in [0.29, 0.717) is 12.8 Å². The Balaban J connectivity index is 1.85. The topological polar surface area (TPSA) is 65.0 Å². The summed E-state index contributed by atoms with van der Waals surface area (Å²) in [5.74, 6) is 0.179. The zero-order valence-electron chi connectivity index (χ0n) is 16.0. The molecule has 0 aromatic carbocycles. The van der Waals surface area contributed by atoms with Crippen LogP contribution in [-0.2, 0) is 25.0 Å². The molecule has 0 bridgehead atoms. The quantitative estimate of drug-likeness (QED) is 0.726. The summed E-state index contributed by atoms with van der Waals surface area (Å²) in [6, 6.07) is 0. The molecule has 1 unspecified atom stereocenters. The Morgan fingerprint density at radius 3 is 2.72 bits per heavy atom. The van der Waals surface area contributed by atoms with Gasteiger partial charge < -0.3 is 19.3 Å². The molecule has 2 fully saturated rings. The second-order valence-corrected chi connectivity index (χ2v) is 9.84. The van der Waals surface area contributed by atoms with Crippen molar-refractivity contribution >= 4 is 10.8 Å². The predicted molar refractivity (Wildman–Crippen MR) is 97.2 cm³/mol. The summed E-state index contributed by atoms with van der Waals surface area (Å²) < 4.78 is 30.1. The van der Waals surface area contributed by atoms with Gasteiger partial charge in [-0.2, -0.15) is 0 Å². The number of aliphatic hydroxyl groups excluding tert-OH is 1. The van der Waals surface area contributed by atoms with Gasteiger partial charge in [0.15, 0.2) is 5.79 Å². The first kappa shape index (κ1) is 19.3. The standard InChI is InChI=1S/C19H32O5S/c1-6-7-8-9-15(20)19(25(5)21)11-13-14(10-12(19)2)22-17-16(13)23-18(3,4)24-17/h10,12-13,15-17,20H,6-9,11H2,1-5H3/t12-,13-,15+,16+,17+,19-,25?/m0/s1. The number of unbranched alkanes of at least 4 members (excludes halogenated alkanes) is 2. The summed E-state index contributed by atoms with van der Waals surface area (Å²) in [5, 5.41) is 11.0. The van der Waals surface area contributed by atoms with Crippen molar-refractivity contribution in [1.82, 2.24) is 0 Å². The Bertz CT molecular complexity index is 560. The van der Waals surface area contributed by atoms with Gasteiger partial charge in [-0.25, -0.2) is 0 Å². The average Bonchev–Trinajstić information content (AvgIpc) is 2.97. The van der Waals surface area contributed by atoms with Crippen molar-refractivity contribution in [3.63, 3.8) is 0 Å². The molecule has 0 amide bonds. The van der Waals surface area contributed by atoms with E-state index >= 15 is 0 Å². The van der Waals surface area contributed by atoms with Gasteiger partial charge >= 0.3 is 0 Å². The van der Waals surface area contributed by atoms with Gasteiger partial charge in [-0.05, 0) is 38.7 Å². The van der Waals surface area contributed by atoms with Crippen LogP contribution >= 0.6 is 0 Å². The van der Waals surface area contributed by atoms with Crippen molar-refractivity contribution in [1.29, 1.82) is 0 Å². The minimum atomic E-state index is -1.16. The summed E-state index contributed by atoms with van der Waals surface area (Å²) in [4.78, 5) is 0. The summed E-state index contributed by atoms with van der Waals surface area (Å²) in [6.45, 7) is 7.95. The Morgan fingerprint density at radius 1 is 1.36 bits per heavy atom. The van der Waals surface area contributed by atoms with Gasteiger partial charge in [0.05, 0.1) is 16.8 Å². The van der Waals surface area contributed by atoms with Crippen LogP contribution in [0.5, 0.6) is 0 Å². The second kappa shape index (κ2) is 6.95. The number of hydrogen-bond donors (Lipinski definition) is 1. The highest BCUT2D eigenvalue weighted by Gasteiger charge is 2.60. The second-order valence-electron chi connectivity index (χ2n) is 8.18. The largest absolute Gasteiger partial charge is 0.466 e. The highest BCUT2D eigenvalue weighted by Crippen LogP contribution is 2.52. The molecule has 1 aliphatic carbocycles. The molecule has 0 saturated carbocycles. The number of fused-ring (bicyclic) bond motifs is 3. The molecule has 7 atom stereocenters. The van der Waals surface area contributed by atoms with Gasteiger partial charge in [0.2, 0.25) is 6.29 Å². The Morgan fingerprint density at radius 2 is 2.08 bits per heavy atom. The third-order valence-corrected chi connectivity index (χ3v) is 7.89. The van der Waals surface area contributed by atoms with Crippen LogP contribution in [-0.4, -0.2) is 44.6 Å². The lowest BCUT2D eigenvalue weighted by atomic mass is 9.73. The van der Waals surface area contributed by atoms with Gasteiger partial charge in [0.1, 0.15) is 11.9 Å². The maximum atomic E-state index is 12.8. The maximum absolute atomic E-state index is 12.8. The minimum absolute atomic E-state index is 0.00676. The molecule has 0 aromatic rings. The van der Waals surface area contributed by atoms with Crippen LogP contribution in [0.1, 0.15) is 59.8 Å². The number of hydrogen-bond acceptors (Lipinski definition) is 5. The highest BCUT2D eigenvalue weighted by molar-refractivity contribution is 7.85. The van der Waals surface area contributed by atoms with E-state index in [4.69, 9.17) is 14.2 Å². The Kier molecular flexibility index (Phi) is 5.37. The Labute approximate surface area is 153 Å². The third kappa shape index (κ3) is 3.31. The molecule has 25 heavy (non-hydrogen) atoms. The van der Waals surface area contributed by atoms with Crippen LogP contribution in [0.4, 0.5) is 0 Å². The molecule has 0 aromatic heterocycles. The van der Waals surface area contributed by atoms with E-state index in [-0.39, 0.29) is 17.9 Å². The number of ether oxygens (including phenoxy) is 3. The molecule has 0 radical (unpaired) electrons. The van der Waals surface area contributed by atoms with Crippen molar-refractivity contribution in [3.05, 3.63) is 11.8 Å². The smallest absolute Gasteiger partial charge is 0.229 e. The summed E-state index contributed by atoms with van der Waals surface area (Å²) in [6.07, 6.45) is 7.01. The molecule has 2 saturated heterocycles. The number of aliphatic hydroxyl groups is 1. The van der Waals surface area contributed by atoms with Gasteiger partial charge in [-0.1, -0.05) is 33.1 Å². The SMILES string of the molecule is CCCCC[C@@H](O)[C@]1(S(C)=O)C[C@H]2C(=C[C@@H]1C)O[C@@H]1OC(C)(C)O[C@@H]12. The lowest BCUT2D eigenvalue weighted by Crippen LogP contribution is -2.54. The minimum Gasteiger partial charge on any atom is -0.466 e. The van der Waals surface area contributed by atoms with Gasteiger partial charge in [0, 0.05) is 17.1 Å². The molecule has 3 aliphatic rings. The van der Waals surface area contributed by atoms with E-state index in [2.05, 4.69) is 6.92 Å². The van der Waals surface area contributed by atoms with E-state index in [9.17, 15) is 9.32 Å². The van der Waals surface area contributed by atoms with E-state index in [0.717, 1.165) is 25.0 Å². The molecule has 2 heterocycles. The first-order chi connectivity index (χ1) is 11.7. The van der Waals surface area contributed by atoms with E-state index in [1.54, 1.807) is 6.26 Å². The fraction of sp³-hybridized carbons (Fsp3) is 0.895. The van der Waals surface area contributed by atoms with Crippen molar-refractivity contribution in [2.75, 3.05) is 6.26 Å². The van der Waals surface area contributed by atoms with Crippen molar-refractivity contribution in [3.8, 4) is 0 Å². The van der Waals surface area contributed by atoms with Gasteiger partial charge in [-0.3, -0.25) is 4.21 Å². The van der Waals surface area contributed by atoms with Crippen LogP contribution in [0.15, 0.2) is 11.8 Å². The lowest BCUT2D eigenvalue weighted by molar-refractivity contribution is -0.187. The summed E-state index contributed by atoms with van der Waals surface area (Å²) in [7, 11) is -1.16. The third-order valence-electron chi connectivity index (χ3n) is 6.01. The molecular weight excluding hydrogens is 340 g/mol. The van der Waals surface area contributed by atoms with Crippen LogP contribution in [0, 0.1) is 11.8 Å². The molecule has 1 N–H and O–H groups in total. The highest BCUT2D eigenvalue weighted by atomic mass is 32.2. The average molecular weight is 373 g/mol. The van der Waals surface area contributed by atoms with E-state index in [1.165, 1.54) is 0 Å². The molecule has 6 heteroatoms. The van der Waals surface area contributed by atoms with E-state index < -0.39 is 33.7 Å². The fourth-order valence-electron chi connectivity index (χ4n) is 4.64. The summed E-state index contributed by atoms with van der Waals surface area (Å²) >= 11 is 0. The fourth-order valence-corrected chi connectivity index (χ4v) is 6.15. The van der Waals surface area contributed by atoms with Crippen LogP contribution in [0.3, 0.4) is 0 Å². The molecule has 3 rings (SSSR count). The monoisotopic (exact) mass is 372 g/mol. The maximum Gasteiger partial charge on any atom is 0.229 e. The van der Waals surface area contributed by atoms with Crippen molar-refractivity contribution in [2.45, 2.75) is 88.8 Å². The summed E-state index contributed by atoms with van der Waals surface area (Å²) in [5.41, 5.74) is 0. The molecule has 5 nitrogen and oxygen atoms in total. The number of allylic oxidation sites excluding steroid dienone is 1. The zero-order valence-corrected chi connectivity index (χ0v) is 16.8.